The van der Waals surface area contributed by atoms with E-state index in [1.807, 2.05) is 32.9 Å². The summed E-state index contributed by atoms with van der Waals surface area (Å²) in [6.07, 6.45) is 0. The molecule has 0 aliphatic carbocycles. The molecule has 1 aromatic carbocycles. The van der Waals surface area contributed by atoms with Gasteiger partial charge < -0.3 is 13.8 Å². The minimum absolute atomic E-state index is 0.666. The van der Waals surface area contributed by atoms with Crippen molar-refractivity contribution in [3.05, 3.63) is 29.4 Å². The molecule has 2 aromatic heterocycles. The van der Waals surface area contributed by atoms with Crippen molar-refractivity contribution in [1.82, 2.24) is 14.7 Å². The lowest BCUT2D eigenvalue weighted by Crippen LogP contribution is -2.15. The highest BCUT2D eigenvalue weighted by molar-refractivity contribution is 5.92. The molecule has 0 unspecified atom stereocenters. The molecule has 0 saturated carbocycles. The Morgan fingerprint density at radius 3 is 2.80 bits per heavy atom. The van der Waals surface area contributed by atoms with Gasteiger partial charge in [-0.3, -0.25) is 0 Å². The lowest BCUT2D eigenvalue weighted by Gasteiger charge is -2.20. The zero-order chi connectivity index (χ0) is 13.9. The van der Waals surface area contributed by atoms with Crippen LogP contribution in [-0.4, -0.2) is 21.3 Å². The van der Waals surface area contributed by atoms with Gasteiger partial charge in [-0.15, -0.1) is 0 Å². The van der Waals surface area contributed by atoms with Gasteiger partial charge in [0.25, 0.3) is 0 Å². The van der Waals surface area contributed by atoms with E-state index in [0.29, 0.717) is 6.61 Å². The van der Waals surface area contributed by atoms with E-state index >= 15 is 0 Å². The molecule has 0 atom stereocenters. The number of aryl methyl sites for hydroxylation is 3. The van der Waals surface area contributed by atoms with Gasteiger partial charge in [0.15, 0.2) is 5.75 Å². The summed E-state index contributed by atoms with van der Waals surface area (Å²) in [5, 5.41) is 4.04. The third kappa shape index (κ3) is 1.37. The van der Waals surface area contributed by atoms with Crippen molar-refractivity contribution < 1.29 is 9.26 Å². The maximum Gasteiger partial charge on any atom is 0.153 e. The standard InChI is InChI=1S/C15H15N3O2/c1-8-13(9(2)20-17-8)11-4-5-12-14-15(11)19-7-6-18(14)10(3)16-12/h4-5H,6-7H2,1-3H3. The van der Waals surface area contributed by atoms with Crippen LogP contribution >= 0.6 is 0 Å². The summed E-state index contributed by atoms with van der Waals surface area (Å²) in [6, 6.07) is 4.09. The molecular formula is C15H15N3O2. The summed E-state index contributed by atoms with van der Waals surface area (Å²) < 4.78 is 13.4. The van der Waals surface area contributed by atoms with Gasteiger partial charge in [-0.2, -0.15) is 0 Å². The van der Waals surface area contributed by atoms with Gasteiger partial charge in [-0.25, -0.2) is 4.98 Å². The summed E-state index contributed by atoms with van der Waals surface area (Å²) in [5.41, 5.74) is 5.00. The van der Waals surface area contributed by atoms with Crippen molar-refractivity contribution in [1.29, 1.82) is 0 Å². The van der Waals surface area contributed by atoms with Crippen LogP contribution in [0.15, 0.2) is 16.7 Å². The van der Waals surface area contributed by atoms with E-state index in [1.165, 1.54) is 0 Å². The summed E-state index contributed by atoms with van der Waals surface area (Å²) in [6.45, 7) is 7.43. The maximum atomic E-state index is 5.94. The fourth-order valence-corrected chi connectivity index (χ4v) is 3.03. The lowest BCUT2D eigenvalue weighted by molar-refractivity contribution is 0.286. The van der Waals surface area contributed by atoms with Gasteiger partial charge in [0.1, 0.15) is 23.7 Å². The third-order valence-electron chi connectivity index (χ3n) is 3.92. The first kappa shape index (κ1) is 11.5. The van der Waals surface area contributed by atoms with E-state index in [-0.39, 0.29) is 0 Å². The van der Waals surface area contributed by atoms with E-state index in [9.17, 15) is 0 Å². The Hall–Kier alpha value is -2.30. The van der Waals surface area contributed by atoms with Crippen LogP contribution in [0.5, 0.6) is 5.75 Å². The topological polar surface area (TPSA) is 53.1 Å². The Morgan fingerprint density at radius 2 is 2.05 bits per heavy atom. The Morgan fingerprint density at radius 1 is 1.20 bits per heavy atom. The molecule has 1 aliphatic heterocycles. The molecule has 0 radical (unpaired) electrons. The van der Waals surface area contributed by atoms with E-state index in [1.54, 1.807) is 0 Å². The van der Waals surface area contributed by atoms with Crippen LogP contribution in [0.2, 0.25) is 0 Å². The highest BCUT2D eigenvalue weighted by atomic mass is 16.5. The minimum atomic E-state index is 0.666. The first-order chi connectivity index (χ1) is 9.66. The third-order valence-corrected chi connectivity index (χ3v) is 3.92. The second-order valence-electron chi connectivity index (χ2n) is 5.17. The molecule has 5 heteroatoms. The van der Waals surface area contributed by atoms with Crippen LogP contribution in [0.25, 0.3) is 22.2 Å². The van der Waals surface area contributed by atoms with E-state index in [2.05, 4.69) is 14.7 Å². The number of aromatic nitrogens is 3. The largest absolute Gasteiger partial charge is 0.489 e. The molecule has 4 rings (SSSR count). The molecule has 1 aliphatic rings. The van der Waals surface area contributed by atoms with Gasteiger partial charge >= 0.3 is 0 Å². The summed E-state index contributed by atoms with van der Waals surface area (Å²) in [7, 11) is 0. The average Bonchev–Trinajstić information content (AvgIpc) is 2.94. The molecule has 0 amide bonds. The van der Waals surface area contributed by atoms with Crippen LogP contribution in [0.3, 0.4) is 0 Å². The number of nitrogens with zero attached hydrogens (tertiary/aromatic N) is 3. The highest BCUT2D eigenvalue weighted by Crippen LogP contribution is 2.41. The monoisotopic (exact) mass is 269 g/mol. The zero-order valence-electron chi connectivity index (χ0n) is 11.7. The number of hydrogen-bond donors (Lipinski definition) is 0. The number of ether oxygens (including phenoxy) is 1. The van der Waals surface area contributed by atoms with Gasteiger partial charge in [-0.1, -0.05) is 5.16 Å². The second kappa shape index (κ2) is 3.85. The first-order valence-electron chi connectivity index (χ1n) is 6.72. The van der Waals surface area contributed by atoms with Crippen molar-refractivity contribution >= 4 is 11.0 Å². The zero-order valence-corrected chi connectivity index (χ0v) is 11.7. The molecule has 0 bridgehead atoms. The molecule has 3 heterocycles. The van der Waals surface area contributed by atoms with Crippen LogP contribution < -0.4 is 4.74 Å². The fraction of sp³-hybridized carbons (Fsp3) is 0.333. The average molecular weight is 269 g/mol. The maximum absolute atomic E-state index is 5.94. The van der Waals surface area contributed by atoms with Crippen molar-refractivity contribution in [2.75, 3.05) is 6.61 Å². The summed E-state index contributed by atoms with van der Waals surface area (Å²) >= 11 is 0. The molecule has 5 nitrogen and oxygen atoms in total. The first-order valence-corrected chi connectivity index (χ1v) is 6.72. The minimum Gasteiger partial charge on any atom is -0.489 e. The Labute approximate surface area is 116 Å². The highest BCUT2D eigenvalue weighted by Gasteiger charge is 2.24. The predicted molar refractivity (Wildman–Crippen MR) is 74.9 cm³/mol. The van der Waals surface area contributed by atoms with Crippen molar-refractivity contribution in [3.8, 4) is 16.9 Å². The van der Waals surface area contributed by atoms with Gasteiger partial charge in [0.05, 0.1) is 23.3 Å². The Kier molecular flexibility index (Phi) is 2.22. The van der Waals surface area contributed by atoms with Crippen molar-refractivity contribution in [2.24, 2.45) is 0 Å². The molecule has 20 heavy (non-hydrogen) atoms. The van der Waals surface area contributed by atoms with Crippen LogP contribution in [0.1, 0.15) is 17.3 Å². The number of benzene rings is 1. The van der Waals surface area contributed by atoms with Crippen LogP contribution in [-0.2, 0) is 6.54 Å². The number of hydrogen-bond acceptors (Lipinski definition) is 4. The molecule has 0 spiro atoms. The van der Waals surface area contributed by atoms with Crippen LogP contribution in [0, 0.1) is 20.8 Å². The molecular weight excluding hydrogens is 254 g/mol. The second-order valence-corrected chi connectivity index (χ2v) is 5.17. The van der Waals surface area contributed by atoms with Crippen LogP contribution in [0.4, 0.5) is 0 Å². The molecule has 0 N–H and O–H groups in total. The fourth-order valence-electron chi connectivity index (χ4n) is 3.03. The molecule has 0 fully saturated rings. The lowest BCUT2D eigenvalue weighted by atomic mass is 10.0. The Balaban J connectivity index is 2.10. The van der Waals surface area contributed by atoms with Gasteiger partial charge in [-0.05, 0) is 32.9 Å². The quantitative estimate of drug-likeness (QED) is 0.681. The SMILES string of the molecule is Cc1noc(C)c1-c1ccc2nc(C)n3c2c1OCC3. The van der Waals surface area contributed by atoms with Gasteiger partial charge in [0.2, 0.25) is 0 Å². The molecule has 3 aromatic rings. The smallest absolute Gasteiger partial charge is 0.153 e. The predicted octanol–water partition coefficient (Wildman–Crippen LogP) is 3.01. The number of rotatable bonds is 1. The normalized spacial score (nSPS) is 13.8. The van der Waals surface area contributed by atoms with E-state index in [4.69, 9.17) is 9.26 Å². The summed E-state index contributed by atoms with van der Waals surface area (Å²) in [5.74, 6) is 2.74. The van der Waals surface area contributed by atoms with Gasteiger partial charge in [0, 0.05) is 5.56 Å². The van der Waals surface area contributed by atoms with Crippen molar-refractivity contribution in [3.63, 3.8) is 0 Å². The summed E-state index contributed by atoms with van der Waals surface area (Å²) in [4.78, 5) is 4.60. The Bertz CT molecular complexity index is 810. The van der Waals surface area contributed by atoms with E-state index < -0.39 is 0 Å². The molecule has 102 valence electrons. The van der Waals surface area contributed by atoms with E-state index in [0.717, 1.165) is 51.7 Å². The van der Waals surface area contributed by atoms with Crippen molar-refractivity contribution in [2.45, 2.75) is 27.3 Å². The number of imidazole rings is 1. The molecule has 0 saturated heterocycles.